The summed E-state index contributed by atoms with van der Waals surface area (Å²) in [6, 6.07) is 3.60. The number of nitro groups is 1. The van der Waals surface area contributed by atoms with Crippen molar-refractivity contribution in [3.05, 3.63) is 33.9 Å². The number of nitrogens with zero attached hydrogens (tertiary/aromatic N) is 1. The van der Waals surface area contributed by atoms with Crippen LogP contribution in [0, 0.1) is 17.0 Å². The molecule has 2 amide bonds. The number of anilines is 1. The van der Waals surface area contributed by atoms with E-state index in [4.69, 9.17) is 9.47 Å². The molecule has 1 aromatic rings. The number of urea groups is 1. The summed E-state index contributed by atoms with van der Waals surface area (Å²) in [4.78, 5) is 22.2. The van der Waals surface area contributed by atoms with E-state index < -0.39 is 17.2 Å². The first-order chi connectivity index (χ1) is 9.90. The zero-order valence-corrected chi connectivity index (χ0v) is 12.4. The summed E-state index contributed by atoms with van der Waals surface area (Å²) in [7, 11) is 2.93. The molecule has 0 aliphatic heterocycles. The minimum Gasteiger partial charge on any atom is -0.354 e. The number of benzene rings is 1. The first kappa shape index (κ1) is 16.9. The lowest BCUT2D eigenvalue weighted by molar-refractivity contribution is -0.385. The number of amides is 2. The van der Waals surface area contributed by atoms with E-state index in [1.54, 1.807) is 19.9 Å². The van der Waals surface area contributed by atoms with Gasteiger partial charge in [-0.15, -0.1) is 0 Å². The van der Waals surface area contributed by atoms with E-state index in [9.17, 15) is 14.9 Å². The Labute approximate surface area is 122 Å². The van der Waals surface area contributed by atoms with Crippen LogP contribution in [0.25, 0.3) is 0 Å². The minimum atomic E-state index is -0.582. The number of nitro benzene ring substituents is 1. The Balaban J connectivity index is 2.76. The van der Waals surface area contributed by atoms with E-state index in [2.05, 4.69) is 10.6 Å². The topological polar surface area (TPSA) is 103 Å². The van der Waals surface area contributed by atoms with Crippen LogP contribution in [-0.2, 0) is 9.47 Å². The monoisotopic (exact) mass is 297 g/mol. The van der Waals surface area contributed by atoms with E-state index >= 15 is 0 Å². The van der Waals surface area contributed by atoms with Crippen molar-refractivity contribution in [2.24, 2.45) is 0 Å². The molecule has 1 aromatic carbocycles. The van der Waals surface area contributed by atoms with Gasteiger partial charge < -0.3 is 20.1 Å². The Bertz CT molecular complexity index is 517. The first-order valence-electron chi connectivity index (χ1n) is 6.27. The normalized spacial score (nSPS) is 12.0. The summed E-state index contributed by atoms with van der Waals surface area (Å²) in [5, 5.41) is 16.1. The molecule has 0 aromatic heterocycles. The van der Waals surface area contributed by atoms with Gasteiger partial charge in [-0.25, -0.2) is 4.79 Å². The highest BCUT2D eigenvalue weighted by molar-refractivity contribution is 5.90. The number of ether oxygens (including phenoxy) is 2. The average Bonchev–Trinajstić information content (AvgIpc) is 2.42. The Morgan fingerprint density at radius 1 is 1.33 bits per heavy atom. The smallest absolute Gasteiger partial charge is 0.319 e. The summed E-state index contributed by atoms with van der Waals surface area (Å²) >= 11 is 0. The number of hydrogen-bond donors (Lipinski definition) is 2. The first-order valence-corrected chi connectivity index (χ1v) is 6.27. The quantitative estimate of drug-likeness (QED) is 0.475. The fourth-order valence-electron chi connectivity index (χ4n) is 1.89. The molecule has 2 N–H and O–H groups in total. The van der Waals surface area contributed by atoms with E-state index in [0.717, 1.165) is 0 Å². The highest BCUT2D eigenvalue weighted by atomic mass is 16.7. The van der Waals surface area contributed by atoms with E-state index in [-0.39, 0.29) is 11.7 Å². The molecule has 1 rings (SSSR count). The zero-order chi connectivity index (χ0) is 16.0. The van der Waals surface area contributed by atoms with Crippen molar-refractivity contribution in [2.45, 2.75) is 26.2 Å². The lowest BCUT2D eigenvalue weighted by Gasteiger charge is -2.22. The summed E-state index contributed by atoms with van der Waals surface area (Å²) in [6.07, 6.45) is -0.582. The van der Waals surface area contributed by atoms with Gasteiger partial charge in [0, 0.05) is 20.3 Å². The number of carbonyl (C=O) groups is 1. The maximum atomic E-state index is 11.9. The van der Waals surface area contributed by atoms with Gasteiger partial charge in [0.2, 0.25) is 0 Å². The van der Waals surface area contributed by atoms with Crippen molar-refractivity contribution in [3.63, 3.8) is 0 Å². The van der Waals surface area contributed by atoms with Gasteiger partial charge in [-0.05, 0) is 19.9 Å². The Hall–Kier alpha value is -2.19. The molecule has 116 valence electrons. The molecule has 1 atom stereocenters. The maximum Gasteiger partial charge on any atom is 0.319 e. The summed E-state index contributed by atoms with van der Waals surface area (Å²) in [5.74, 6) is 0. The van der Waals surface area contributed by atoms with Crippen LogP contribution >= 0.6 is 0 Å². The standard InChI is InChI=1S/C13H19N3O5/c1-8-10(6-5-7-11(8)16(18)19)15-13(17)14-9(2)12(20-3)21-4/h5-7,9,12H,1-4H3,(H2,14,15,17). The summed E-state index contributed by atoms with van der Waals surface area (Å²) in [6.45, 7) is 3.29. The zero-order valence-electron chi connectivity index (χ0n) is 12.4. The number of methoxy groups -OCH3 is 2. The van der Waals surface area contributed by atoms with Gasteiger partial charge in [-0.1, -0.05) is 6.07 Å². The Morgan fingerprint density at radius 3 is 2.48 bits per heavy atom. The molecule has 0 aliphatic rings. The second-order valence-corrected chi connectivity index (χ2v) is 4.43. The number of hydrogen-bond acceptors (Lipinski definition) is 5. The maximum absolute atomic E-state index is 11.9. The fourth-order valence-corrected chi connectivity index (χ4v) is 1.89. The van der Waals surface area contributed by atoms with Crippen LogP contribution in [0.4, 0.5) is 16.2 Å². The lowest BCUT2D eigenvalue weighted by Crippen LogP contribution is -2.44. The molecule has 8 heteroatoms. The van der Waals surface area contributed by atoms with Gasteiger partial charge in [0.1, 0.15) is 0 Å². The number of carbonyl (C=O) groups excluding carboxylic acids is 1. The molecule has 0 aliphatic carbocycles. The van der Waals surface area contributed by atoms with E-state index in [0.29, 0.717) is 11.3 Å². The second-order valence-electron chi connectivity index (χ2n) is 4.43. The third kappa shape index (κ3) is 4.40. The van der Waals surface area contributed by atoms with Crippen molar-refractivity contribution in [2.75, 3.05) is 19.5 Å². The van der Waals surface area contributed by atoms with Crippen LogP contribution < -0.4 is 10.6 Å². The molecular formula is C13H19N3O5. The van der Waals surface area contributed by atoms with Crippen LogP contribution in [-0.4, -0.2) is 37.5 Å². The average molecular weight is 297 g/mol. The highest BCUT2D eigenvalue weighted by Gasteiger charge is 2.19. The van der Waals surface area contributed by atoms with Gasteiger partial charge in [0.25, 0.3) is 5.69 Å². The third-order valence-corrected chi connectivity index (χ3v) is 2.98. The minimum absolute atomic E-state index is 0.0486. The molecule has 0 spiro atoms. The molecule has 21 heavy (non-hydrogen) atoms. The largest absolute Gasteiger partial charge is 0.354 e. The molecule has 0 saturated heterocycles. The van der Waals surface area contributed by atoms with Crippen LogP contribution in [0.15, 0.2) is 18.2 Å². The molecular weight excluding hydrogens is 278 g/mol. The van der Waals surface area contributed by atoms with Crippen molar-refractivity contribution < 1.29 is 19.2 Å². The van der Waals surface area contributed by atoms with Gasteiger partial charge in [0.05, 0.1) is 22.2 Å². The van der Waals surface area contributed by atoms with Gasteiger partial charge in [0.15, 0.2) is 6.29 Å². The Kier molecular flexibility index (Phi) is 6.07. The van der Waals surface area contributed by atoms with E-state index in [1.165, 1.54) is 26.4 Å². The third-order valence-electron chi connectivity index (χ3n) is 2.98. The van der Waals surface area contributed by atoms with Crippen molar-refractivity contribution in [1.29, 1.82) is 0 Å². The Morgan fingerprint density at radius 2 is 1.95 bits per heavy atom. The van der Waals surface area contributed by atoms with Gasteiger partial charge in [-0.3, -0.25) is 10.1 Å². The van der Waals surface area contributed by atoms with Crippen LogP contribution in [0.2, 0.25) is 0 Å². The molecule has 8 nitrogen and oxygen atoms in total. The van der Waals surface area contributed by atoms with Crippen molar-refractivity contribution in [1.82, 2.24) is 5.32 Å². The van der Waals surface area contributed by atoms with Gasteiger partial charge >= 0.3 is 6.03 Å². The van der Waals surface area contributed by atoms with Crippen molar-refractivity contribution in [3.8, 4) is 0 Å². The highest BCUT2D eigenvalue weighted by Crippen LogP contribution is 2.24. The second kappa shape index (κ2) is 7.55. The van der Waals surface area contributed by atoms with Crippen molar-refractivity contribution >= 4 is 17.4 Å². The predicted octanol–water partition coefficient (Wildman–Crippen LogP) is 2.03. The molecule has 0 saturated carbocycles. The number of rotatable bonds is 6. The van der Waals surface area contributed by atoms with E-state index in [1.807, 2.05) is 0 Å². The summed E-state index contributed by atoms with van der Waals surface area (Å²) < 4.78 is 10.1. The molecule has 0 radical (unpaired) electrons. The fraction of sp³-hybridized carbons (Fsp3) is 0.462. The van der Waals surface area contributed by atoms with Crippen LogP contribution in [0.1, 0.15) is 12.5 Å². The molecule has 1 unspecified atom stereocenters. The molecule has 0 bridgehead atoms. The predicted molar refractivity (Wildman–Crippen MR) is 77.3 cm³/mol. The van der Waals surface area contributed by atoms with Gasteiger partial charge in [-0.2, -0.15) is 0 Å². The number of nitrogens with one attached hydrogen (secondary N) is 2. The van der Waals surface area contributed by atoms with Crippen LogP contribution in [0.5, 0.6) is 0 Å². The molecule has 0 heterocycles. The summed E-state index contributed by atoms with van der Waals surface area (Å²) in [5.41, 5.74) is 0.716. The SMILES string of the molecule is COC(OC)C(C)NC(=O)Nc1cccc([N+](=O)[O-])c1C. The lowest BCUT2D eigenvalue weighted by atomic mass is 10.1. The van der Waals surface area contributed by atoms with Crippen LogP contribution in [0.3, 0.4) is 0 Å². The molecule has 0 fully saturated rings.